The summed E-state index contributed by atoms with van der Waals surface area (Å²) < 4.78 is -8.73. The predicted octanol–water partition coefficient (Wildman–Crippen LogP) is 6.84. The van der Waals surface area contributed by atoms with Crippen molar-refractivity contribution in [3.05, 3.63) is 35.9 Å². The number of rotatable bonds is 3. The zero-order valence-electron chi connectivity index (χ0n) is 8.71. The van der Waals surface area contributed by atoms with E-state index in [2.05, 4.69) is 6.07 Å². The van der Waals surface area contributed by atoms with E-state index in [0.717, 1.165) is 0 Å². The minimum Gasteiger partial charge on any atom is -0.0943 e. The zero-order chi connectivity index (χ0) is 15.1. The summed E-state index contributed by atoms with van der Waals surface area (Å²) in [5.41, 5.74) is 0.225. The second-order valence-electron chi connectivity index (χ2n) is 3.50. The fraction of sp³-hybridized carbons (Fsp3) is 0.400. The zero-order valence-corrected chi connectivity index (χ0v) is 15.5. The van der Waals surface area contributed by atoms with Gasteiger partial charge in [-0.25, -0.2) is 0 Å². The van der Waals surface area contributed by atoms with Crippen LogP contribution >= 0.6 is 104 Å². The first-order chi connectivity index (χ1) is 8.36. The van der Waals surface area contributed by atoms with Crippen LogP contribution < -0.4 is 0 Å². The summed E-state index contributed by atoms with van der Waals surface area (Å²) in [5, 5.41) is 0. The first-order valence-corrected chi connectivity index (χ1v) is 7.93. The van der Waals surface area contributed by atoms with Crippen LogP contribution in [-0.4, -0.2) is 12.5 Å². The molecule has 0 saturated heterocycles. The molecular weight excluding hydrogens is 439 g/mol. The number of benzene rings is 1. The SMILES string of the molecule is ClC(Cl)(Cl)C(Cl)(Cl)C(Cl)(Cl)C(Cl)(Cl)c1[c]cccc1. The number of alkyl halides is 9. The van der Waals surface area contributed by atoms with Gasteiger partial charge in [0.15, 0.2) is 8.67 Å². The van der Waals surface area contributed by atoms with E-state index in [1.165, 1.54) is 6.07 Å². The Morgan fingerprint density at radius 1 is 0.737 bits per heavy atom. The fourth-order valence-corrected chi connectivity index (χ4v) is 3.33. The van der Waals surface area contributed by atoms with Crippen molar-refractivity contribution in [2.24, 2.45) is 0 Å². The van der Waals surface area contributed by atoms with Crippen LogP contribution in [0.5, 0.6) is 0 Å². The van der Waals surface area contributed by atoms with Crippen LogP contribution in [0.25, 0.3) is 0 Å². The van der Waals surface area contributed by atoms with Crippen molar-refractivity contribution in [1.82, 2.24) is 0 Å². The summed E-state index contributed by atoms with van der Waals surface area (Å²) in [6.07, 6.45) is 0. The molecule has 0 N–H and O–H groups in total. The highest BCUT2D eigenvalue weighted by Gasteiger charge is 2.68. The average Bonchev–Trinajstić information content (AvgIpc) is 2.28. The van der Waals surface area contributed by atoms with E-state index >= 15 is 0 Å². The molecule has 0 saturated carbocycles. The lowest BCUT2D eigenvalue weighted by Gasteiger charge is -2.43. The Morgan fingerprint density at radius 2 is 1.26 bits per heavy atom. The van der Waals surface area contributed by atoms with Gasteiger partial charge in [-0.2, -0.15) is 0 Å². The highest BCUT2D eigenvalue weighted by Crippen LogP contribution is 2.65. The third-order valence-electron chi connectivity index (χ3n) is 2.19. The summed E-state index contributed by atoms with van der Waals surface area (Å²) in [7, 11) is 0. The second kappa shape index (κ2) is 6.14. The van der Waals surface area contributed by atoms with Gasteiger partial charge in [0.1, 0.15) is 0 Å². The van der Waals surface area contributed by atoms with Gasteiger partial charge >= 0.3 is 0 Å². The van der Waals surface area contributed by atoms with Gasteiger partial charge in [0.05, 0.1) is 0 Å². The molecule has 1 radical (unpaired) electrons. The third kappa shape index (κ3) is 3.44. The Labute approximate surface area is 156 Å². The van der Waals surface area contributed by atoms with Crippen LogP contribution in [-0.2, 0) is 4.33 Å². The lowest BCUT2D eigenvalue weighted by molar-refractivity contribution is 0.600. The smallest absolute Gasteiger partial charge is 0.0943 e. The van der Waals surface area contributed by atoms with E-state index in [1.54, 1.807) is 18.2 Å². The van der Waals surface area contributed by atoms with E-state index in [1.807, 2.05) is 0 Å². The Balaban J connectivity index is 3.34. The molecule has 0 atom stereocenters. The molecule has 0 nitrogen and oxygen atoms in total. The molecule has 19 heavy (non-hydrogen) atoms. The molecule has 0 aliphatic heterocycles. The maximum atomic E-state index is 6.17. The average molecular weight is 443 g/mol. The summed E-state index contributed by atoms with van der Waals surface area (Å²) in [6, 6.07) is 9.19. The second-order valence-corrected chi connectivity index (χ2v) is 9.76. The molecule has 1 aromatic carbocycles. The molecular formula is C10H4Cl9. The van der Waals surface area contributed by atoms with Gasteiger partial charge in [0, 0.05) is 0 Å². The summed E-state index contributed by atoms with van der Waals surface area (Å²) >= 11 is 53.5. The van der Waals surface area contributed by atoms with Gasteiger partial charge in [-0.1, -0.05) is 129 Å². The highest BCUT2D eigenvalue weighted by molar-refractivity contribution is 6.80. The molecule has 0 fully saturated rings. The van der Waals surface area contributed by atoms with Gasteiger partial charge in [-0.15, -0.1) is 0 Å². The maximum Gasteiger partial charge on any atom is 0.226 e. The van der Waals surface area contributed by atoms with Crippen molar-refractivity contribution in [2.45, 2.75) is 16.8 Å². The van der Waals surface area contributed by atoms with Crippen LogP contribution in [0.15, 0.2) is 24.3 Å². The van der Waals surface area contributed by atoms with Gasteiger partial charge in [0.25, 0.3) is 0 Å². The molecule has 0 aromatic heterocycles. The summed E-state index contributed by atoms with van der Waals surface area (Å²) in [4.78, 5) is 0. The molecule has 0 aliphatic carbocycles. The van der Waals surface area contributed by atoms with Gasteiger partial charge in [0.2, 0.25) is 8.13 Å². The normalized spacial score (nSPS) is 14.6. The van der Waals surface area contributed by atoms with Crippen molar-refractivity contribution in [2.75, 3.05) is 0 Å². The summed E-state index contributed by atoms with van der Waals surface area (Å²) in [6.45, 7) is 0. The largest absolute Gasteiger partial charge is 0.226 e. The lowest BCUT2D eigenvalue weighted by Crippen LogP contribution is -2.54. The summed E-state index contributed by atoms with van der Waals surface area (Å²) in [5.74, 6) is 0. The lowest BCUT2D eigenvalue weighted by atomic mass is 10.1. The van der Waals surface area contributed by atoms with Crippen LogP contribution in [0, 0.1) is 6.07 Å². The molecule has 0 bridgehead atoms. The molecule has 1 aromatic rings. The molecule has 0 unspecified atom stereocenters. The van der Waals surface area contributed by atoms with E-state index in [0.29, 0.717) is 0 Å². The predicted molar refractivity (Wildman–Crippen MR) is 87.8 cm³/mol. The van der Waals surface area contributed by atoms with E-state index in [4.69, 9.17) is 104 Å². The molecule has 0 aliphatic rings. The molecule has 0 amide bonds. The Kier molecular flexibility index (Phi) is 6.10. The van der Waals surface area contributed by atoms with Crippen LogP contribution in [0.4, 0.5) is 0 Å². The van der Waals surface area contributed by atoms with Gasteiger partial charge in [-0.3, -0.25) is 0 Å². The molecule has 0 spiro atoms. The number of halogens is 9. The van der Waals surface area contributed by atoms with Crippen molar-refractivity contribution in [1.29, 1.82) is 0 Å². The van der Waals surface area contributed by atoms with E-state index in [9.17, 15) is 0 Å². The van der Waals surface area contributed by atoms with E-state index < -0.39 is 16.8 Å². The molecule has 0 heterocycles. The Morgan fingerprint density at radius 3 is 1.63 bits per heavy atom. The number of hydrogen-bond donors (Lipinski definition) is 0. The Bertz CT molecular complexity index is 432. The standard InChI is InChI=1S/C10H4Cl9/c11-7(12,6-4-2-1-3-5-6)8(13,14)9(15,16)10(17,18)19/h1-4H. The quantitative estimate of drug-likeness (QED) is 0.449. The van der Waals surface area contributed by atoms with Crippen molar-refractivity contribution >= 4 is 104 Å². The van der Waals surface area contributed by atoms with Crippen LogP contribution in [0.2, 0.25) is 0 Å². The van der Waals surface area contributed by atoms with E-state index in [-0.39, 0.29) is 5.56 Å². The Hall–Kier alpha value is 1.83. The maximum absolute atomic E-state index is 6.17. The minimum absolute atomic E-state index is 0.225. The topological polar surface area (TPSA) is 0 Å². The van der Waals surface area contributed by atoms with Gasteiger partial charge in [-0.05, 0) is 11.6 Å². The monoisotopic (exact) mass is 439 g/mol. The molecule has 9 heteroatoms. The first-order valence-electron chi connectivity index (χ1n) is 4.53. The van der Waals surface area contributed by atoms with Crippen LogP contribution in [0.3, 0.4) is 0 Å². The van der Waals surface area contributed by atoms with Crippen molar-refractivity contribution in [3.63, 3.8) is 0 Å². The molecule has 107 valence electrons. The third-order valence-corrected chi connectivity index (χ3v) is 7.64. The minimum atomic E-state index is -2.29. The van der Waals surface area contributed by atoms with Gasteiger partial charge < -0.3 is 0 Å². The first kappa shape index (κ1) is 18.9. The highest BCUT2D eigenvalue weighted by atomic mass is 35.6. The number of hydrogen-bond acceptors (Lipinski definition) is 0. The van der Waals surface area contributed by atoms with Crippen LogP contribution in [0.1, 0.15) is 5.56 Å². The van der Waals surface area contributed by atoms with Crippen molar-refractivity contribution < 1.29 is 0 Å². The molecule has 1 rings (SSSR count). The van der Waals surface area contributed by atoms with Crippen molar-refractivity contribution in [3.8, 4) is 0 Å². The fourth-order valence-electron chi connectivity index (χ4n) is 1.13.